The Labute approximate surface area is 180 Å². The number of hydrogen-bond acceptors (Lipinski definition) is 6. The van der Waals surface area contributed by atoms with E-state index >= 15 is 0 Å². The Morgan fingerprint density at radius 3 is 2.50 bits per heavy atom. The van der Waals surface area contributed by atoms with Crippen molar-refractivity contribution in [2.75, 3.05) is 19.8 Å². The maximum Gasteiger partial charge on any atom is 0.508 e. The standard InChI is InChI=1S/C24H38O6/c1-16-6-7-17-21(4)14-28-20(2,3)29-18(21)8-9-22(17,5)24(16)11-10-23(30-24)12-13-26-19(25)27-15-23/h16-18H,6-15H2,1-5H3/t16-,17?,18?,21+,22+,23+,24+/m1/s1. The molecule has 5 rings (SSSR count). The van der Waals surface area contributed by atoms with Crippen molar-refractivity contribution >= 4 is 6.16 Å². The lowest BCUT2D eigenvalue weighted by atomic mass is 9.43. The van der Waals surface area contributed by atoms with E-state index in [2.05, 4.69) is 20.8 Å². The molecule has 0 radical (unpaired) electrons. The van der Waals surface area contributed by atoms with E-state index < -0.39 is 17.5 Å². The summed E-state index contributed by atoms with van der Waals surface area (Å²) in [6, 6.07) is 0. The minimum absolute atomic E-state index is 0.00615. The molecule has 6 nitrogen and oxygen atoms in total. The van der Waals surface area contributed by atoms with Crippen molar-refractivity contribution in [2.24, 2.45) is 22.7 Å². The number of fused-ring (bicyclic) bond motifs is 4. The van der Waals surface area contributed by atoms with Gasteiger partial charge < -0.3 is 23.7 Å². The minimum atomic E-state index is -0.565. The normalized spacial score (nSPS) is 52.8. The number of ether oxygens (including phenoxy) is 5. The molecule has 0 aromatic rings. The molecule has 3 saturated heterocycles. The molecule has 0 amide bonds. The highest BCUT2D eigenvalue weighted by molar-refractivity contribution is 5.60. The summed E-state index contributed by atoms with van der Waals surface area (Å²) in [5.41, 5.74) is -0.573. The summed E-state index contributed by atoms with van der Waals surface area (Å²) in [6.45, 7) is 12.7. The summed E-state index contributed by atoms with van der Waals surface area (Å²) in [6.07, 6.45) is 6.81. The summed E-state index contributed by atoms with van der Waals surface area (Å²) in [5, 5.41) is 0. The molecular weight excluding hydrogens is 384 g/mol. The van der Waals surface area contributed by atoms with E-state index in [1.54, 1.807) is 0 Å². The van der Waals surface area contributed by atoms with Crippen molar-refractivity contribution in [1.29, 1.82) is 0 Å². The zero-order valence-corrected chi connectivity index (χ0v) is 19.3. The first-order valence-electron chi connectivity index (χ1n) is 11.9. The van der Waals surface area contributed by atoms with E-state index in [4.69, 9.17) is 23.7 Å². The first kappa shape index (κ1) is 21.0. The van der Waals surface area contributed by atoms with Gasteiger partial charge in [0.05, 0.1) is 24.9 Å². The van der Waals surface area contributed by atoms with Gasteiger partial charge in [0.15, 0.2) is 5.79 Å². The van der Waals surface area contributed by atoms with Crippen LogP contribution in [0.1, 0.15) is 79.6 Å². The predicted molar refractivity (Wildman–Crippen MR) is 110 cm³/mol. The first-order valence-corrected chi connectivity index (χ1v) is 11.9. The van der Waals surface area contributed by atoms with E-state index in [1.807, 2.05) is 13.8 Å². The second kappa shape index (κ2) is 6.58. The molecule has 7 atom stereocenters. The van der Waals surface area contributed by atoms with E-state index in [0.717, 1.165) is 38.7 Å². The molecule has 2 unspecified atom stereocenters. The number of rotatable bonds is 0. The van der Waals surface area contributed by atoms with Crippen LogP contribution in [0.3, 0.4) is 0 Å². The Kier molecular flexibility index (Phi) is 4.61. The van der Waals surface area contributed by atoms with Crippen molar-refractivity contribution in [3.63, 3.8) is 0 Å². The maximum absolute atomic E-state index is 11.7. The predicted octanol–water partition coefficient (Wildman–Crippen LogP) is 4.84. The lowest BCUT2D eigenvalue weighted by Gasteiger charge is -2.67. The largest absolute Gasteiger partial charge is 0.508 e. The van der Waals surface area contributed by atoms with Crippen LogP contribution in [0.15, 0.2) is 0 Å². The van der Waals surface area contributed by atoms with E-state index in [9.17, 15) is 4.79 Å². The Hall–Kier alpha value is -0.850. The second-order valence-electron chi connectivity index (χ2n) is 11.6. The molecule has 170 valence electrons. The van der Waals surface area contributed by atoms with Gasteiger partial charge in [0, 0.05) is 17.3 Å². The van der Waals surface area contributed by atoms with Crippen molar-refractivity contribution in [3.05, 3.63) is 0 Å². The monoisotopic (exact) mass is 422 g/mol. The quantitative estimate of drug-likeness (QED) is 0.521. The van der Waals surface area contributed by atoms with Crippen molar-refractivity contribution < 1.29 is 28.5 Å². The van der Waals surface area contributed by atoms with E-state index in [-0.39, 0.29) is 22.5 Å². The zero-order valence-electron chi connectivity index (χ0n) is 19.3. The van der Waals surface area contributed by atoms with Gasteiger partial charge in [-0.25, -0.2) is 4.79 Å². The SMILES string of the molecule is C[C@@H]1CCC2[C@]3(C)COC(C)(C)OC3CC[C@]2(C)[C@]12CC[C@@]1(CCOC(=O)OC1)O2. The molecule has 30 heavy (non-hydrogen) atoms. The number of cyclic esters (lactones) is 2. The van der Waals surface area contributed by atoms with Crippen molar-refractivity contribution in [1.82, 2.24) is 0 Å². The average Bonchev–Trinajstić information content (AvgIpc) is 2.97. The maximum atomic E-state index is 11.7. The number of hydrogen-bond donors (Lipinski definition) is 0. The molecule has 5 aliphatic rings. The lowest BCUT2D eigenvalue weighted by Crippen LogP contribution is -2.69. The summed E-state index contributed by atoms with van der Waals surface area (Å²) < 4.78 is 30.4. The number of carbonyl (C=O) groups is 1. The van der Waals surface area contributed by atoms with Gasteiger partial charge in [-0.2, -0.15) is 0 Å². The molecule has 0 bridgehead atoms. The van der Waals surface area contributed by atoms with Gasteiger partial charge in [0.25, 0.3) is 0 Å². The fraction of sp³-hybridized carbons (Fsp3) is 0.958. The molecular formula is C24H38O6. The second-order valence-corrected chi connectivity index (χ2v) is 11.6. The highest BCUT2D eigenvalue weighted by atomic mass is 16.7. The third-order valence-corrected chi connectivity index (χ3v) is 9.62. The molecule has 0 aromatic heterocycles. The van der Waals surface area contributed by atoms with Crippen LogP contribution < -0.4 is 0 Å². The lowest BCUT2D eigenvalue weighted by molar-refractivity contribution is -0.359. The van der Waals surface area contributed by atoms with Crippen LogP contribution in [0.2, 0.25) is 0 Å². The van der Waals surface area contributed by atoms with Gasteiger partial charge >= 0.3 is 6.16 Å². The number of carbonyl (C=O) groups excluding carboxylic acids is 1. The molecule has 0 aromatic carbocycles. The third kappa shape index (κ3) is 2.82. The third-order valence-electron chi connectivity index (χ3n) is 9.62. The van der Waals surface area contributed by atoms with Crippen LogP contribution in [-0.4, -0.2) is 49.1 Å². The summed E-state index contributed by atoms with van der Waals surface area (Å²) in [5.74, 6) is 0.450. The van der Waals surface area contributed by atoms with Gasteiger partial charge in [-0.05, 0) is 64.2 Å². The molecule has 2 saturated carbocycles. The molecule has 2 spiro atoms. The van der Waals surface area contributed by atoms with E-state index in [0.29, 0.717) is 31.5 Å². The summed E-state index contributed by atoms with van der Waals surface area (Å²) in [7, 11) is 0. The van der Waals surface area contributed by atoms with Gasteiger partial charge in [-0.15, -0.1) is 0 Å². The Bertz CT molecular complexity index is 722. The van der Waals surface area contributed by atoms with Gasteiger partial charge in [-0.3, -0.25) is 0 Å². The molecule has 2 aliphatic carbocycles. The fourth-order valence-electron chi connectivity index (χ4n) is 7.90. The van der Waals surface area contributed by atoms with Crippen molar-refractivity contribution in [2.45, 2.75) is 103 Å². The van der Waals surface area contributed by atoms with Crippen LogP contribution in [0.4, 0.5) is 4.79 Å². The molecule has 0 N–H and O–H groups in total. The highest BCUT2D eigenvalue weighted by Crippen LogP contribution is 2.69. The van der Waals surface area contributed by atoms with Crippen LogP contribution in [-0.2, 0) is 23.7 Å². The van der Waals surface area contributed by atoms with Gasteiger partial charge in [-0.1, -0.05) is 20.8 Å². The minimum Gasteiger partial charge on any atom is -0.434 e. The van der Waals surface area contributed by atoms with Crippen molar-refractivity contribution in [3.8, 4) is 0 Å². The fourth-order valence-corrected chi connectivity index (χ4v) is 7.90. The molecule has 3 heterocycles. The average molecular weight is 423 g/mol. The van der Waals surface area contributed by atoms with Crippen LogP contribution in [0.25, 0.3) is 0 Å². The van der Waals surface area contributed by atoms with Gasteiger partial charge in [0.2, 0.25) is 0 Å². The summed E-state index contributed by atoms with van der Waals surface area (Å²) >= 11 is 0. The molecule has 5 fully saturated rings. The Morgan fingerprint density at radius 2 is 1.70 bits per heavy atom. The smallest absolute Gasteiger partial charge is 0.434 e. The zero-order chi connectivity index (χ0) is 21.4. The van der Waals surface area contributed by atoms with Crippen LogP contribution in [0, 0.1) is 22.7 Å². The Balaban J connectivity index is 1.48. The van der Waals surface area contributed by atoms with Gasteiger partial charge in [0.1, 0.15) is 12.2 Å². The Morgan fingerprint density at radius 1 is 0.900 bits per heavy atom. The van der Waals surface area contributed by atoms with E-state index in [1.165, 1.54) is 6.42 Å². The molecule has 6 heteroatoms. The van der Waals surface area contributed by atoms with Crippen LogP contribution >= 0.6 is 0 Å². The highest BCUT2D eigenvalue weighted by Gasteiger charge is 2.70. The van der Waals surface area contributed by atoms with Crippen LogP contribution in [0.5, 0.6) is 0 Å². The molecule has 3 aliphatic heterocycles. The topological polar surface area (TPSA) is 63.2 Å². The summed E-state index contributed by atoms with van der Waals surface area (Å²) in [4.78, 5) is 11.7. The first-order chi connectivity index (χ1) is 14.0.